The number of anilines is 1. The van der Waals surface area contributed by atoms with Gasteiger partial charge in [0.15, 0.2) is 5.82 Å². The number of imidazole rings is 1. The summed E-state index contributed by atoms with van der Waals surface area (Å²) in [6.45, 7) is 1.07. The molecule has 2 saturated heterocycles. The first kappa shape index (κ1) is 16.5. The predicted octanol–water partition coefficient (Wildman–Crippen LogP) is 0.996. The van der Waals surface area contributed by atoms with Crippen molar-refractivity contribution in [3.05, 3.63) is 58.1 Å². The van der Waals surface area contributed by atoms with E-state index in [0.717, 1.165) is 18.1 Å². The molecule has 150 valence electrons. The maximum absolute atomic E-state index is 12.7. The van der Waals surface area contributed by atoms with Crippen LogP contribution in [-0.2, 0) is 19.0 Å². The second kappa shape index (κ2) is 5.25. The number of halogens is 1. The van der Waals surface area contributed by atoms with Gasteiger partial charge in [0.2, 0.25) is 5.89 Å². The Kier molecular flexibility index (Phi) is 2.89. The number of nitrogens with zero attached hydrogens (tertiary/aromatic N) is 8. The van der Waals surface area contributed by atoms with Crippen LogP contribution >= 0.6 is 11.6 Å². The number of pyridine rings is 1. The molecule has 4 aromatic heterocycles. The van der Waals surface area contributed by atoms with Crippen molar-refractivity contribution in [2.45, 2.75) is 18.0 Å². The molecule has 0 amide bonds. The highest BCUT2D eigenvalue weighted by Gasteiger charge is 2.95. The molecule has 0 radical (unpaired) electrons. The summed E-state index contributed by atoms with van der Waals surface area (Å²) in [4.78, 5) is 28.0. The second-order valence-electron chi connectivity index (χ2n) is 8.23. The van der Waals surface area contributed by atoms with Crippen LogP contribution in [-0.4, -0.2) is 47.0 Å². The van der Waals surface area contributed by atoms with E-state index in [1.54, 1.807) is 30.3 Å². The average molecular weight is 423 g/mol. The maximum atomic E-state index is 12.7. The van der Waals surface area contributed by atoms with Crippen molar-refractivity contribution in [1.29, 1.82) is 0 Å². The van der Waals surface area contributed by atoms with Crippen molar-refractivity contribution in [3.63, 3.8) is 0 Å². The van der Waals surface area contributed by atoms with E-state index in [4.69, 9.17) is 16.1 Å². The van der Waals surface area contributed by atoms with Gasteiger partial charge in [-0.05, 0) is 12.0 Å². The number of piperidine rings is 1. The first-order valence-electron chi connectivity index (χ1n) is 9.66. The van der Waals surface area contributed by atoms with Crippen molar-refractivity contribution >= 4 is 28.3 Å². The summed E-state index contributed by atoms with van der Waals surface area (Å²) in [5, 5.41) is 9.08. The van der Waals surface area contributed by atoms with Gasteiger partial charge in [-0.1, -0.05) is 16.8 Å². The van der Waals surface area contributed by atoms with E-state index < -0.39 is 0 Å². The molecule has 8 rings (SSSR count). The van der Waals surface area contributed by atoms with Gasteiger partial charge in [-0.2, -0.15) is 10.1 Å². The molecule has 0 N–H and O–H groups in total. The zero-order valence-corrected chi connectivity index (χ0v) is 16.6. The third-order valence-corrected chi connectivity index (χ3v) is 7.03. The van der Waals surface area contributed by atoms with Crippen LogP contribution in [0.2, 0.25) is 5.02 Å². The minimum absolute atomic E-state index is 0.0333. The number of aryl methyl sites for hydroxylation is 1. The topological polar surface area (TPSA) is 108 Å². The highest BCUT2D eigenvalue weighted by atomic mass is 35.5. The van der Waals surface area contributed by atoms with Gasteiger partial charge in [0.1, 0.15) is 17.6 Å². The lowest BCUT2D eigenvalue weighted by Gasteiger charge is -2.18. The minimum Gasteiger partial charge on any atom is -0.366 e. The quantitative estimate of drug-likeness (QED) is 0.479. The highest BCUT2D eigenvalue weighted by Crippen LogP contribution is 2.85. The fourth-order valence-corrected chi connectivity index (χ4v) is 5.57. The standard InChI is InChI=1S/C19H15ClN8O2/c1-26-8-22-12-5-23-28(17(29)15(12)26)7-13-24-18(25-30-13)19-11-6-27(16(19)14(11)19)10-2-9(20)3-21-4-10/h2-5,8,11,14,16H,6-7H2,1H3/t11-,14-,16?,19-/m1/s1. The largest absolute Gasteiger partial charge is 0.366 e. The summed E-state index contributed by atoms with van der Waals surface area (Å²) in [7, 11) is 1.78. The van der Waals surface area contributed by atoms with Crippen molar-refractivity contribution in [1.82, 2.24) is 34.5 Å². The molecule has 4 atom stereocenters. The molecule has 1 unspecified atom stereocenters. The number of rotatable bonds is 4. The minimum atomic E-state index is -0.235. The Balaban J connectivity index is 1.17. The lowest BCUT2D eigenvalue weighted by atomic mass is 10.1. The Morgan fingerprint density at radius 2 is 2.23 bits per heavy atom. The SMILES string of the molecule is Cn1cnc2cnn(Cc3nc([C@@]45C6[C@H]4[C@H]5CN6c4cncc(Cl)c4)no3)c(=O)c21. The summed E-state index contributed by atoms with van der Waals surface area (Å²) in [5.41, 5.74) is 1.82. The Hall–Kier alpha value is -3.27. The van der Waals surface area contributed by atoms with Gasteiger partial charge < -0.3 is 14.0 Å². The molecule has 11 heteroatoms. The molecule has 10 nitrogen and oxygen atoms in total. The zero-order chi connectivity index (χ0) is 20.2. The van der Waals surface area contributed by atoms with Gasteiger partial charge in [0, 0.05) is 31.7 Å². The molecular formula is C19H15ClN8O2. The normalized spacial score (nSPS) is 28.2. The number of hydrogen-bond donors (Lipinski definition) is 0. The number of aromatic nitrogens is 7. The Morgan fingerprint density at radius 3 is 3.07 bits per heavy atom. The van der Waals surface area contributed by atoms with Crippen LogP contribution in [0.1, 0.15) is 11.7 Å². The molecule has 6 heterocycles. The van der Waals surface area contributed by atoms with E-state index in [1.807, 2.05) is 12.3 Å². The van der Waals surface area contributed by atoms with E-state index in [1.165, 1.54) is 4.68 Å². The molecule has 0 spiro atoms. The molecule has 4 aromatic rings. The summed E-state index contributed by atoms with van der Waals surface area (Å²) >= 11 is 6.11. The van der Waals surface area contributed by atoms with Crippen molar-refractivity contribution in [2.24, 2.45) is 18.9 Å². The Labute approximate surface area is 174 Å². The van der Waals surface area contributed by atoms with E-state index in [0.29, 0.717) is 39.8 Å². The lowest BCUT2D eigenvalue weighted by molar-refractivity contribution is 0.356. The first-order valence-corrected chi connectivity index (χ1v) is 10.0. The zero-order valence-electron chi connectivity index (χ0n) is 15.8. The van der Waals surface area contributed by atoms with Gasteiger partial charge in [0.05, 0.1) is 34.8 Å². The van der Waals surface area contributed by atoms with Crippen LogP contribution in [0.15, 0.2) is 40.3 Å². The summed E-state index contributed by atoms with van der Waals surface area (Å²) in [6, 6.07) is 2.30. The lowest BCUT2D eigenvalue weighted by Crippen LogP contribution is -2.25. The number of fused-ring (bicyclic) bond motifs is 2. The van der Waals surface area contributed by atoms with Crippen LogP contribution in [0.5, 0.6) is 0 Å². The van der Waals surface area contributed by atoms with Gasteiger partial charge in [0.25, 0.3) is 5.56 Å². The summed E-state index contributed by atoms with van der Waals surface area (Å²) in [6.07, 6.45) is 6.65. The van der Waals surface area contributed by atoms with E-state index in [2.05, 4.69) is 30.1 Å². The van der Waals surface area contributed by atoms with E-state index in [-0.39, 0.29) is 17.5 Å². The van der Waals surface area contributed by atoms with Crippen LogP contribution < -0.4 is 10.5 Å². The van der Waals surface area contributed by atoms with Crippen molar-refractivity contribution < 1.29 is 4.52 Å². The molecule has 2 bridgehead atoms. The van der Waals surface area contributed by atoms with Gasteiger partial charge in [-0.25, -0.2) is 9.67 Å². The maximum Gasteiger partial charge on any atom is 0.293 e. The molecule has 2 saturated carbocycles. The molecule has 4 fully saturated rings. The third-order valence-electron chi connectivity index (χ3n) is 6.82. The van der Waals surface area contributed by atoms with Crippen LogP contribution in [0.25, 0.3) is 11.0 Å². The number of hydrogen-bond acceptors (Lipinski definition) is 8. The van der Waals surface area contributed by atoms with E-state index >= 15 is 0 Å². The fraction of sp³-hybridized carbons (Fsp3) is 0.368. The second-order valence-corrected chi connectivity index (χ2v) is 8.67. The Bertz CT molecular complexity index is 1400. The van der Waals surface area contributed by atoms with Crippen molar-refractivity contribution in [3.8, 4) is 0 Å². The van der Waals surface area contributed by atoms with Gasteiger partial charge in [-0.15, -0.1) is 0 Å². The third kappa shape index (κ3) is 1.89. The fourth-order valence-electron chi connectivity index (χ4n) is 5.40. The van der Waals surface area contributed by atoms with Gasteiger partial charge in [-0.3, -0.25) is 9.78 Å². The summed E-state index contributed by atoms with van der Waals surface area (Å²) in [5.74, 6) is 2.18. The smallest absolute Gasteiger partial charge is 0.293 e. The van der Waals surface area contributed by atoms with Gasteiger partial charge >= 0.3 is 0 Å². The molecule has 2 aliphatic carbocycles. The summed E-state index contributed by atoms with van der Waals surface area (Å²) < 4.78 is 8.50. The average Bonchev–Trinajstić information content (AvgIpc) is 3.21. The van der Waals surface area contributed by atoms with Crippen LogP contribution in [0.3, 0.4) is 0 Å². The molecule has 0 aromatic carbocycles. The van der Waals surface area contributed by atoms with Crippen LogP contribution in [0.4, 0.5) is 5.69 Å². The highest BCUT2D eigenvalue weighted by molar-refractivity contribution is 6.30. The predicted molar refractivity (Wildman–Crippen MR) is 105 cm³/mol. The van der Waals surface area contributed by atoms with E-state index in [9.17, 15) is 4.79 Å². The Morgan fingerprint density at radius 1 is 1.33 bits per heavy atom. The molecular weight excluding hydrogens is 408 g/mol. The first-order chi connectivity index (χ1) is 14.6. The van der Waals surface area contributed by atoms with Crippen LogP contribution in [0, 0.1) is 11.8 Å². The molecule has 30 heavy (non-hydrogen) atoms. The molecule has 4 aliphatic rings. The van der Waals surface area contributed by atoms with Crippen molar-refractivity contribution in [2.75, 3.05) is 11.4 Å². The monoisotopic (exact) mass is 422 g/mol. The molecule has 2 aliphatic heterocycles.